The van der Waals surface area contributed by atoms with Gasteiger partial charge in [0.05, 0.1) is 13.2 Å². The summed E-state index contributed by atoms with van der Waals surface area (Å²) in [7, 11) is -3.21. The maximum atomic E-state index is 12.4. The summed E-state index contributed by atoms with van der Waals surface area (Å²) in [4.78, 5) is 4.04. The van der Waals surface area contributed by atoms with Crippen LogP contribution in [0.2, 0.25) is 0 Å². The monoisotopic (exact) mass is 235 g/mol. The van der Waals surface area contributed by atoms with E-state index in [1.54, 1.807) is 13.8 Å². The SMILES string of the molecule is CCOP(=O)(OCC)C1N=COC1(C)C. The average molecular weight is 235 g/mol. The van der Waals surface area contributed by atoms with Crippen molar-refractivity contribution in [3.05, 3.63) is 0 Å². The first kappa shape index (κ1) is 12.7. The quantitative estimate of drug-likeness (QED) is 0.686. The third kappa shape index (κ3) is 2.60. The fourth-order valence-electron chi connectivity index (χ4n) is 1.47. The molecule has 0 aromatic carbocycles. The summed E-state index contributed by atoms with van der Waals surface area (Å²) in [5.74, 6) is -0.579. The topological polar surface area (TPSA) is 57.1 Å². The van der Waals surface area contributed by atoms with E-state index in [0.717, 1.165) is 0 Å². The van der Waals surface area contributed by atoms with Crippen molar-refractivity contribution >= 4 is 14.0 Å². The molecule has 6 heteroatoms. The number of aliphatic imine (C=N–C) groups is 1. The Balaban J connectivity index is 2.89. The van der Waals surface area contributed by atoms with Crippen molar-refractivity contribution in [1.29, 1.82) is 0 Å². The Hall–Kier alpha value is -0.380. The van der Waals surface area contributed by atoms with Gasteiger partial charge in [-0.15, -0.1) is 0 Å². The summed E-state index contributed by atoms with van der Waals surface area (Å²) in [6.45, 7) is 7.85. The van der Waals surface area contributed by atoms with Gasteiger partial charge in [0, 0.05) is 0 Å². The summed E-state index contributed by atoms with van der Waals surface area (Å²) in [5.41, 5.74) is -0.639. The van der Waals surface area contributed by atoms with Crippen LogP contribution >= 0.6 is 7.60 Å². The lowest BCUT2D eigenvalue weighted by Gasteiger charge is -2.29. The van der Waals surface area contributed by atoms with Gasteiger partial charge >= 0.3 is 7.60 Å². The van der Waals surface area contributed by atoms with Crippen molar-refractivity contribution in [1.82, 2.24) is 0 Å². The Morgan fingerprint density at radius 3 is 2.27 bits per heavy atom. The van der Waals surface area contributed by atoms with Crippen LogP contribution in [0.25, 0.3) is 0 Å². The fourth-order valence-corrected chi connectivity index (χ4v) is 3.58. The molecule has 1 aliphatic rings. The van der Waals surface area contributed by atoms with Gasteiger partial charge in [-0.1, -0.05) is 0 Å². The first-order valence-electron chi connectivity index (χ1n) is 5.04. The Kier molecular flexibility index (Phi) is 3.93. The van der Waals surface area contributed by atoms with Gasteiger partial charge in [-0.25, -0.2) is 4.99 Å². The van der Waals surface area contributed by atoms with Crippen LogP contribution in [0.5, 0.6) is 0 Å². The second-order valence-corrected chi connectivity index (χ2v) is 5.81. The molecular formula is C9H18NO4P. The summed E-state index contributed by atoms with van der Waals surface area (Å²) in [5, 5.41) is 0. The molecule has 1 atom stereocenters. The predicted octanol–water partition coefficient (Wildman–Crippen LogP) is 2.42. The van der Waals surface area contributed by atoms with Gasteiger partial charge in [-0.05, 0) is 27.7 Å². The van der Waals surface area contributed by atoms with E-state index in [2.05, 4.69) is 4.99 Å². The maximum absolute atomic E-state index is 12.4. The van der Waals surface area contributed by atoms with E-state index in [1.165, 1.54) is 6.40 Å². The first-order valence-corrected chi connectivity index (χ1v) is 6.65. The molecule has 88 valence electrons. The number of hydrogen-bond donors (Lipinski definition) is 0. The molecule has 0 spiro atoms. The molecule has 0 bridgehead atoms. The van der Waals surface area contributed by atoms with Crippen LogP contribution in [0.3, 0.4) is 0 Å². The van der Waals surface area contributed by atoms with Crippen molar-refractivity contribution in [2.24, 2.45) is 4.99 Å². The number of rotatable bonds is 5. The molecule has 0 saturated heterocycles. The van der Waals surface area contributed by atoms with E-state index in [1.807, 2.05) is 13.8 Å². The molecule has 0 amide bonds. The molecule has 0 fully saturated rings. The van der Waals surface area contributed by atoms with Crippen LogP contribution in [-0.4, -0.2) is 31.0 Å². The molecule has 0 radical (unpaired) electrons. The van der Waals surface area contributed by atoms with Crippen LogP contribution in [0.1, 0.15) is 27.7 Å². The molecular weight excluding hydrogens is 217 g/mol. The average Bonchev–Trinajstić information content (AvgIpc) is 2.46. The van der Waals surface area contributed by atoms with E-state index in [-0.39, 0.29) is 0 Å². The minimum atomic E-state index is -3.21. The van der Waals surface area contributed by atoms with Crippen molar-refractivity contribution in [3.63, 3.8) is 0 Å². The predicted molar refractivity (Wildman–Crippen MR) is 58.3 cm³/mol. The largest absolute Gasteiger partial charge is 0.475 e. The van der Waals surface area contributed by atoms with Gasteiger partial charge in [0.25, 0.3) is 0 Å². The normalized spacial score (nSPS) is 24.1. The van der Waals surface area contributed by atoms with Crippen LogP contribution in [0, 0.1) is 0 Å². The Morgan fingerprint density at radius 2 is 1.93 bits per heavy atom. The van der Waals surface area contributed by atoms with Crippen molar-refractivity contribution < 1.29 is 18.3 Å². The summed E-state index contributed by atoms with van der Waals surface area (Å²) in [6, 6.07) is 0. The van der Waals surface area contributed by atoms with Gasteiger partial charge in [-0.3, -0.25) is 4.57 Å². The summed E-state index contributed by atoms with van der Waals surface area (Å²) < 4.78 is 28.1. The minimum Gasteiger partial charge on any atom is -0.475 e. The maximum Gasteiger partial charge on any atom is 0.359 e. The first-order chi connectivity index (χ1) is 6.96. The van der Waals surface area contributed by atoms with Gasteiger partial charge in [0.2, 0.25) is 0 Å². The summed E-state index contributed by atoms with van der Waals surface area (Å²) in [6.07, 6.45) is 1.31. The highest BCUT2D eigenvalue weighted by atomic mass is 31.2. The van der Waals surface area contributed by atoms with Crippen LogP contribution in [0.4, 0.5) is 0 Å². The van der Waals surface area contributed by atoms with Gasteiger partial charge in [-0.2, -0.15) is 0 Å². The van der Waals surface area contributed by atoms with Gasteiger partial charge in [0.15, 0.2) is 12.2 Å². The molecule has 0 aromatic heterocycles. The van der Waals surface area contributed by atoms with Crippen LogP contribution < -0.4 is 0 Å². The highest BCUT2D eigenvalue weighted by Gasteiger charge is 2.49. The van der Waals surface area contributed by atoms with Crippen LogP contribution in [-0.2, 0) is 18.3 Å². The standard InChI is InChI=1S/C9H18NO4P/c1-5-13-15(11,14-6-2)8-9(3,4)12-7-10-8/h7-8H,5-6H2,1-4H3. The third-order valence-corrected chi connectivity index (χ3v) is 4.69. The second kappa shape index (κ2) is 4.64. The molecule has 1 rings (SSSR count). The zero-order valence-corrected chi connectivity index (χ0v) is 10.5. The lowest BCUT2D eigenvalue weighted by Crippen LogP contribution is -2.33. The molecule has 0 aliphatic carbocycles. The molecule has 1 unspecified atom stereocenters. The van der Waals surface area contributed by atoms with Gasteiger partial charge in [0.1, 0.15) is 5.60 Å². The molecule has 0 aromatic rings. The zero-order chi connectivity index (χ0) is 11.5. The third-order valence-electron chi connectivity index (χ3n) is 2.10. The summed E-state index contributed by atoms with van der Waals surface area (Å²) >= 11 is 0. The van der Waals surface area contributed by atoms with E-state index in [4.69, 9.17) is 13.8 Å². The lowest BCUT2D eigenvalue weighted by molar-refractivity contribution is 0.107. The number of ether oxygens (including phenoxy) is 1. The second-order valence-electron chi connectivity index (χ2n) is 3.72. The van der Waals surface area contributed by atoms with E-state index >= 15 is 0 Å². The Labute approximate surface area is 90.4 Å². The van der Waals surface area contributed by atoms with Crippen LogP contribution in [0.15, 0.2) is 4.99 Å². The molecule has 1 heterocycles. The van der Waals surface area contributed by atoms with E-state index in [9.17, 15) is 4.57 Å². The van der Waals surface area contributed by atoms with E-state index in [0.29, 0.717) is 13.2 Å². The zero-order valence-electron chi connectivity index (χ0n) is 9.60. The van der Waals surface area contributed by atoms with Crippen molar-refractivity contribution in [2.75, 3.05) is 13.2 Å². The number of nitrogens with zero attached hydrogens (tertiary/aromatic N) is 1. The molecule has 0 saturated carbocycles. The molecule has 0 N–H and O–H groups in total. The van der Waals surface area contributed by atoms with E-state index < -0.39 is 19.0 Å². The van der Waals surface area contributed by atoms with Crippen molar-refractivity contribution in [2.45, 2.75) is 39.1 Å². The minimum absolute atomic E-state index is 0.333. The Bertz CT molecular complexity index is 280. The lowest BCUT2D eigenvalue weighted by atomic mass is 10.1. The smallest absolute Gasteiger partial charge is 0.359 e. The Morgan fingerprint density at radius 1 is 1.40 bits per heavy atom. The fraction of sp³-hybridized carbons (Fsp3) is 0.889. The van der Waals surface area contributed by atoms with Gasteiger partial charge < -0.3 is 13.8 Å². The highest BCUT2D eigenvalue weighted by molar-refractivity contribution is 7.54. The number of hydrogen-bond acceptors (Lipinski definition) is 5. The van der Waals surface area contributed by atoms with Crippen molar-refractivity contribution in [3.8, 4) is 0 Å². The highest BCUT2D eigenvalue weighted by Crippen LogP contribution is 2.58. The molecule has 1 aliphatic heterocycles. The molecule has 5 nitrogen and oxygen atoms in total. The molecule has 15 heavy (non-hydrogen) atoms.